The fraction of sp³-hybridized carbons (Fsp3) is 0. The smallest absolute Gasteiger partial charge is 0.157 e. The van der Waals surface area contributed by atoms with Gasteiger partial charge in [0.05, 0.1) is 15.7 Å². The number of benzene rings is 2. The SMILES string of the molecule is Nc1c(-c2ccc(F)cc2)cnc2cc(-c3ccc(Cl)c(Cl)c3)nn12. The highest BCUT2D eigenvalue weighted by atomic mass is 35.5. The van der Waals surface area contributed by atoms with Crippen molar-refractivity contribution >= 4 is 34.7 Å². The number of aromatic nitrogens is 3. The Kier molecular flexibility index (Phi) is 3.82. The molecule has 2 heterocycles. The maximum Gasteiger partial charge on any atom is 0.157 e. The summed E-state index contributed by atoms with van der Waals surface area (Å²) in [5.41, 5.74) is 9.78. The molecule has 4 nitrogen and oxygen atoms in total. The van der Waals surface area contributed by atoms with Crippen molar-refractivity contribution in [3.63, 3.8) is 0 Å². The van der Waals surface area contributed by atoms with E-state index in [-0.39, 0.29) is 5.82 Å². The topological polar surface area (TPSA) is 56.2 Å². The number of nitrogens with two attached hydrogens (primary N) is 1. The summed E-state index contributed by atoms with van der Waals surface area (Å²) in [6.45, 7) is 0. The molecule has 0 atom stereocenters. The lowest BCUT2D eigenvalue weighted by atomic mass is 10.1. The average molecular weight is 373 g/mol. The first-order valence-corrected chi connectivity index (χ1v) is 8.14. The van der Waals surface area contributed by atoms with Gasteiger partial charge >= 0.3 is 0 Å². The standard InChI is InChI=1S/C18H11Cl2FN4/c19-14-6-3-11(7-15(14)20)16-8-17-23-9-13(18(22)25(17)24-16)10-1-4-12(21)5-2-10/h1-9H,22H2. The second-order valence-corrected chi connectivity index (χ2v) is 6.31. The summed E-state index contributed by atoms with van der Waals surface area (Å²) in [5, 5.41) is 5.44. The maximum absolute atomic E-state index is 13.1. The van der Waals surface area contributed by atoms with E-state index in [1.807, 2.05) is 12.1 Å². The summed E-state index contributed by atoms with van der Waals surface area (Å²) in [7, 11) is 0. The fourth-order valence-electron chi connectivity index (χ4n) is 2.60. The van der Waals surface area contributed by atoms with Gasteiger partial charge in [-0.25, -0.2) is 9.37 Å². The van der Waals surface area contributed by atoms with Crippen LogP contribution in [0.4, 0.5) is 10.2 Å². The number of anilines is 1. The third-order valence-corrected chi connectivity index (χ3v) is 4.63. The minimum absolute atomic E-state index is 0.308. The van der Waals surface area contributed by atoms with Crippen molar-refractivity contribution in [2.45, 2.75) is 0 Å². The molecule has 7 heteroatoms. The normalized spacial score (nSPS) is 11.2. The van der Waals surface area contributed by atoms with Crippen molar-refractivity contribution in [1.82, 2.24) is 14.6 Å². The predicted molar refractivity (Wildman–Crippen MR) is 98.2 cm³/mol. The largest absolute Gasteiger partial charge is 0.383 e. The van der Waals surface area contributed by atoms with Gasteiger partial charge in [-0.2, -0.15) is 9.61 Å². The van der Waals surface area contributed by atoms with E-state index in [0.29, 0.717) is 32.8 Å². The Morgan fingerprint density at radius 1 is 0.920 bits per heavy atom. The van der Waals surface area contributed by atoms with Crippen LogP contribution in [0, 0.1) is 5.82 Å². The molecule has 0 fully saturated rings. The van der Waals surface area contributed by atoms with Crippen LogP contribution in [0.15, 0.2) is 54.7 Å². The van der Waals surface area contributed by atoms with Gasteiger partial charge in [0.25, 0.3) is 0 Å². The van der Waals surface area contributed by atoms with Crippen molar-refractivity contribution in [2.75, 3.05) is 5.73 Å². The van der Waals surface area contributed by atoms with Gasteiger partial charge in [0, 0.05) is 23.4 Å². The Hall–Kier alpha value is -2.63. The van der Waals surface area contributed by atoms with Crippen molar-refractivity contribution in [1.29, 1.82) is 0 Å². The summed E-state index contributed by atoms with van der Waals surface area (Å²) in [6.07, 6.45) is 1.65. The lowest BCUT2D eigenvalue weighted by molar-refractivity contribution is 0.628. The van der Waals surface area contributed by atoms with Crippen LogP contribution >= 0.6 is 23.2 Å². The summed E-state index contributed by atoms with van der Waals surface area (Å²) in [6, 6.07) is 13.1. The Morgan fingerprint density at radius 3 is 2.36 bits per heavy atom. The monoisotopic (exact) mass is 372 g/mol. The molecule has 2 aromatic heterocycles. The van der Waals surface area contributed by atoms with Crippen LogP contribution in [0.3, 0.4) is 0 Å². The van der Waals surface area contributed by atoms with Crippen LogP contribution < -0.4 is 5.73 Å². The predicted octanol–water partition coefficient (Wildman–Crippen LogP) is 5.09. The molecule has 0 unspecified atom stereocenters. The van der Waals surface area contributed by atoms with E-state index in [1.54, 1.807) is 35.0 Å². The maximum atomic E-state index is 13.1. The summed E-state index contributed by atoms with van der Waals surface area (Å²) < 4.78 is 14.7. The molecule has 25 heavy (non-hydrogen) atoms. The van der Waals surface area contributed by atoms with Gasteiger partial charge in [-0.3, -0.25) is 0 Å². The molecular formula is C18H11Cl2FN4. The van der Waals surface area contributed by atoms with Gasteiger partial charge in [0.15, 0.2) is 5.65 Å². The van der Waals surface area contributed by atoms with Crippen LogP contribution in [0.5, 0.6) is 0 Å². The summed E-state index contributed by atoms with van der Waals surface area (Å²) in [4.78, 5) is 4.39. The second kappa shape index (κ2) is 6.02. The highest BCUT2D eigenvalue weighted by Crippen LogP contribution is 2.30. The number of halogens is 3. The second-order valence-electron chi connectivity index (χ2n) is 5.49. The number of rotatable bonds is 2. The first-order valence-electron chi connectivity index (χ1n) is 7.38. The van der Waals surface area contributed by atoms with Gasteiger partial charge in [-0.1, -0.05) is 41.4 Å². The zero-order valence-corrected chi connectivity index (χ0v) is 14.3. The molecular weight excluding hydrogens is 362 g/mol. The number of hydrogen-bond donors (Lipinski definition) is 1. The third-order valence-electron chi connectivity index (χ3n) is 3.89. The molecule has 4 rings (SSSR count). The molecule has 0 spiro atoms. The summed E-state index contributed by atoms with van der Waals surface area (Å²) >= 11 is 12.0. The Bertz CT molecular complexity index is 1090. The molecule has 0 saturated heterocycles. The van der Waals surface area contributed by atoms with Gasteiger partial charge in [0.1, 0.15) is 11.6 Å². The first-order chi connectivity index (χ1) is 12.0. The van der Waals surface area contributed by atoms with Gasteiger partial charge < -0.3 is 5.73 Å². The van der Waals surface area contributed by atoms with E-state index in [9.17, 15) is 4.39 Å². The molecule has 0 amide bonds. The number of nitrogens with zero attached hydrogens (tertiary/aromatic N) is 3. The van der Waals surface area contributed by atoms with Crippen molar-refractivity contribution in [2.24, 2.45) is 0 Å². The Labute approximate surface area is 152 Å². The average Bonchev–Trinajstić information content (AvgIpc) is 3.04. The molecule has 0 aliphatic rings. The van der Waals surface area contributed by atoms with Gasteiger partial charge in [-0.05, 0) is 29.8 Å². The first kappa shape index (κ1) is 15.9. The molecule has 0 aliphatic heterocycles. The van der Waals surface area contributed by atoms with Crippen molar-refractivity contribution in [3.05, 3.63) is 70.6 Å². The van der Waals surface area contributed by atoms with E-state index >= 15 is 0 Å². The zero-order chi connectivity index (χ0) is 17.6. The molecule has 0 radical (unpaired) electrons. The van der Waals surface area contributed by atoms with E-state index in [2.05, 4.69) is 10.1 Å². The minimum atomic E-state index is -0.308. The lowest BCUT2D eigenvalue weighted by Crippen LogP contribution is -2.02. The third kappa shape index (κ3) is 2.81. The number of nitrogen functional groups attached to an aromatic ring is 1. The van der Waals surface area contributed by atoms with E-state index in [4.69, 9.17) is 28.9 Å². The van der Waals surface area contributed by atoms with Crippen LogP contribution in [-0.2, 0) is 0 Å². The van der Waals surface area contributed by atoms with Crippen LogP contribution in [0.25, 0.3) is 28.0 Å². The molecule has 4 aromatic rings. The van der Waals surface area contributed by atoms with Gasteiger partial charge in [0.2, 0.25) is 0 Å². The lowest BCUT2D eigenvalue weighted by Gasteiger charge is -2.07. The number of fused-ring (bicyclic) bond motifs is 1. The summed E-state index contributed by atoms with van der Waals surface area (Å²) in [5.74, 6) is 0.111. The van der Waals surface area contributed by atoms with Crippen molar-refractivity contribution < 1.29 is 4.39 Å². The Morgan fingerprint density at radius 2 is 1.64 bits per heavy atom. The quantitative estimate of drug-likeness (QED) is 0.532. The van der Waals surface area contributed by atoms with Crippen LogP contribution in [0.1, 0.15) is 0 Å². The van der Waals surface area contributed by atoms with E-state index < -0.39 is 0 Å². The van der Waals surface area contributed by atoms with Crippen molar-refractivity contribution in [3.8, 4) is 22.4 Å². The molecule has 2 N–H and O–H groups in total. The number of hydrogen-bond acceptors (Lipinski definition) is 3. The van der Waals surface area contributed by atoms with Crippen LogP contribution in [0.2, 0.25) is 10.0 Å². The zero-order valence-electron chi connectivity index (χ0n) is 12.7. The molecule has 2 aromatic carbocycles. The molecule has 124 valence electrons. The molecule has 0 saturated carbocycles. The van der Waals surface area contributed by atoms with Crippen LogP contribution in [-0.4, -0.2) is 14.6 Å². The highest BCUT2D eigenvalue weighted by molar-refractivity contribution is 6.42. The highest BCUT2D eigenvalue weighted by Gasteiger charge is 2.13. The van der Waals surface area contributed by atoms with E-state index in [1.165, 1.54) is 12.1 Å². The minimum Gasteiger partial charge on any atom is -0.383 e. The molecule has 0 aliphatic carbocycles. The van der Waals surface area contributed by atoms with Gasteiger partial charge in [-0.15, -0.1) is 0 Å². The Balaban J connectivity index is 1.84. The van der Waals surface area contributed by atoms with E-state index in [0.717, 1.165) is 11.1 Å². The molecule has 0 bridgehead atoms. The fourth-order valence-corrected chi connectivity index (χ4v) is 2.90.